The van der Waals surface area contributed by atoms with E-state index in [9.17, 15) is 24.0 Å². The molecule has 2 saturated heterocycles. The first-order chi connectivity index (χ1) is 12.2. The van der Waals surface area contributed by atoms with Crippen LogP contribution < -0.4 is 11.1 Å². The molecule has 4 N–H and O–H groups in total. The van der Waals surface area contributed by atoms with Crippen molar-refractivity contribution < 1.29 is 29.1 Å². The van der Waals surface area contributed by atoms with Crippen molar-refractivity contribution in [1.82, 2.24) is 15.1 Å². The minimum atomic E-state index is -1.34. The fourth-order valence-corrected chi connectivity index (χ4v) is 3.56. The Labute approximate surface area is 150 Å². The predicted octanol–water partition coefficient (Wildman–Crippen LogP) is -1.57. The smallest absolute Gasteiger partial charge is 0.305 e. The molecule has 10 nitrogen and oxygen atoms in total. The van der Waals surface area contributed by atoms with Gasteiger partial charge in [-0.2, -0.15) is 0 Å². The summed E-state index contributed by atoms with van der Waals surface area (Å²) < 4.78 is 0. The maximum atomic E-state index is 12.8. The molecular weight excluding hydrogens is 344 g/mol. The lowest BCUT2D eigenvalue weighted by atomic mass is 10.1. The summed E-state index contributed by atoms with van der Waals surface area (Å²) in [6.07, 6.45) is 1.66. The number of rotatable bonds is 6. The summed E-state index contributed by atoms with van der Waals surface area (Å²) in [4.78, 5) is 62.1. The Balaban J connectivity index is 2.07. The average molecular weight is 368 g/mol. The van der Waals surface area contributed by atoms with Gasteiger partial charge in [0.05, 0.1) is 6.42 Å². The Kier molecular flexibility index (Phi) is 6.17. The summed E-state index contributed by atoms with van der Waals surface area (Å²) in [6.45, 7) is 2.29. The first-order valence-corrected chi connectivity index (χ1v) is 8.61. The predicted molar refractivity (Wildman–Crippen MR) is 88.5 cm³/mol. The molecule has 2 aliphatic heterocycles. The van der Waals surface area contributed by atoms with E-state index in [0.29, 0.717) is 32.4 Å². The molecule has 2 aliphatic rings. The molecule has 0 radical (unpaired) electrons. The molecule has 0 aromatic heterocycles. The van der Waals surface area contributed by atoms with E-state index < -0.39 is 42.3 Å². The van der Waals surface area contributed by atoms with Gasteiger partial charge in [0.15, 0.2) is 0 Å². The quantitative estimate of drug-likeness (QED) is 0.515. The van der Waals surface area contributed by atoms with Gasteiger partial charge in [0, 0.05) is 20.0 Å². The molecule has 0 unspecified atom stereocenters. The van der Waals surface area contributed by atoms with Gasteiger partial charge in [-0.1, -0.05) is 0 Å². The van der Waals surface area contributed by atoms with Crippen LogP contribution in [0.2, 0.25) is 0 Å². The van der Waals surface area contributed by atoms with Crippen LogP contribution in [0.3, 0.4) is 0 Å². The number of carbonyl (C=O) groups is 5. The van der Waals surface area contributed by atoms with Crippen molar-refractivity contribution in [3.63, 3.8) is 0 Å². The zero-order valence-corrected chi connectivity index (χ0v) is 14.6. The summed E-state index contributed by atoms with van der Waals surface area (Å²) in [5.74, 6) is -3.29. The van der Waals surface area contributed by atoms with E-state index in [4.69, 9.17) is 10.8 Å². The summed E-state index contributed by atoms with van der Waals surface area (Å²) in [5, 5.41) is 11.1. The van der Waals surface area contributed by atoms with Crippen LogP contribution in [0.1, 0.15) is 39.0 Å². The van der Waals surface area contributed by atoms with Gasteiger partial charge >= 0.3 is 5.97 Å². The SMILES string of the molecule is CC(=O)N1CCC[C@H]1C(=O)N1CCC[C@H]1C(=O)N[C@@H](CC(=O)O)C(N)=O. The lowest BCUT2D eigenvalue weighted by Crippen LogP contribution is -2.55. The number of amides is 4. The minimum absolute atomic E-state index is 0.184. The van der Waals surface area contributed by atoms with E-state index in [1.165, 1.54) is 16.7 Å². The molecule has 0 aliphatic carbocycles. The topological polar surface area (TPSA) is 150 Å². The summed E-state index contributed by atoms with van der Waals surface area (Å²) in [5.41, 5.74) is 5.14. The van der Waals surface area contributed by atoms with Gasteiger partial charge in [0.2, 0.25) is 23.6 Å². The first kappa shape index (κ1) is 19.7. The normalized spacial score (nSPS) is 23.6. The van der Waals surface area contributed by atoms with E-state index in [-0.39, 0.29) is 11.8 Å². The maximum absolute atomic E-state index is 12.8. The number of nitrogens with one attached hydrogen (secondary N) is 1. The van der Waals surface area contributed by atoms with Gasteiger partial charge in [-0.05, 0) is 25.7 Å². The maximum Gasteiger partial charge on any atom is 0.305 e. The van der Waals surface area contributed by atoms with Crippen molar-refractivity contribution in [2.45, 2.75) is 57.2 Å². The van der Waals surface area contributed by atoms with E-state index in [1.54, 1.807) is 0 Å². The zero-order valence-electron chi connectivity index (χ0n) is 14.6. The number of primary amides is 1. The molecule has 3 atom stereocenters. The molecule has 26 heavy (non-hydrogen) atoms. The van der Waals surface area contributed by atoms with Gasteiger partial charge in [-0.25, -0.2) is 0 Å². The Morgan fingerprint density at radius 1 is 1.08 bits per heavy atom. The number of nitrogens with zero attached hydrogens (tertiary/aromatic N) is 2. The van der Waals surface area contributed by atoms with E-state index in [1.807, 2.05) is 0 Å². The highest BCUT2D eigenvalue weighted by Gasteiger charge is 2.42. The molecule has 2 heterocycles. The van der Waals surface area contributed by atoms with Gasteiger partial charge in [0.1, 0.15) is 18.1 Å². The largest absolute Gasteiger partial charge is 0.481 e. The Morgan fingerprint density at radius 3 is 2.19 bits per heavy atom. The number of carboxylic acids is 1. The Hall–Kier alpha value is -2.65. The summed E-state index contributed by atoms with van der Waals surface area (Å²) >= 11 is 0. The van der Waals surface area contributed by atoms with Gasteiger partial charge < -0.3 is 26.0 Å². The van der Waals surface area contributed by atoms with Crippen LogP contribution in [0.5, 0.6) is 0 Å². The molecule has 10 heteroatoms. The molecule has 2 fully saturated rings. The third kappa shape index (κ3) is 4.30. The highest BCUT2D eigenvalue weighted by molar-refractivity contribution is 5.95. The lowest BCUT2D eigenvalue weighted by molar-refractivity contribution is -0.146. The van der Waals surface area contributed by atoms with Gasteiger partial charge in [-0.15, -0.1) is 0 Å². The third-order valence-corrected chi connectivity index (χ3v) is 4.82. The monoisotopic (exact) mass is 368 g/mol. The van der Waals surface area contributed by atoms with Crippen LogP contribution in [0, 0.1) is 0 Å². The second-order valence-corrected chi connectivity index (χ2v) is 6.62. The number of aliphatic carboxylic acids is 1. The average Bonchev–Trinajstić information content (AvgIpc) is 3.22. The summed E-state index contributed by atoms with van der Waals surface area (Å²) in [7, 11) is 0. The minimum Gasteiger partial charge on any atom is -0.481 e. The zero-order chi connectivity index (χ0) is 19.4. The van der Waals surface area contributed by atoms with Crippen LogP contribution in [0.15, 0.2) is 0 Å². The number of carbonyl (C=O) groups excluding carboxylic acids is 4. The summed E-state index contributed by atoms with van der Waals surface area (Å²) in [6, 6.07) is -2.71. The van der Waals surface area contributed by atoms with Crippen molar-refractivity contribution in [1.29, 1.82) is 0 Å². The van der Waals surface area contributed by atoms with Crippen LogP contribution in [-0.2, 0) is 24.0 Å². The molecule has 0 aromatic carbocycles. The molecule has 2 rings (SSSR count). The lowest BCUT2D eigenvalue weighted by Gasteiger charge is -2.31. The number of hydrogen-bond donors (Lipinski definition) is 3. The van der Waals surface area contributed by atoms with Gasteiger partial charge in [0.25, 0.3) is 0 Å². The Morgan fingerprint density at radius 2 is 1.65 bits per heavy atom. The van der Waals surface area contributed by atoms with Crippen LogP contribution in [0.4, 0.5) is 0 Å². The number of hydrogen-bond acceptors (Lipinski definition) is 5. The first-order valence-electron chi connectivity index (χ1n) is 8.61. The standard InChI is InChI=1S/C16H24N4O6/c1-9(21)19-6-3-5-12(19)16(26)20-7-2-4-11(20)15(25)18-10(14(17)24)8-13(22)23/h10-12H,2-8H2,1H3,(H2,17,24)(H,18,25)(H,22,23)/t10-,11-,12-/m0/s1. The van der Waals surface area contributed by atoms with E-state index in [0.717, 1.165) is 6.42 Å². The molecule has 0 saturated carbocycles. The number of nitrogens with two attached hydrogens (primary N) is 1. The molecule has 4 amide bonds. The van der Waals surface area contributed by atoms with Crippen molar-refractivity contribution in [3.05, 3.63) is 0 Å². The Bertz CT molecular complexity index is 622. The van der Waals surface area contributed by atoms with Crippen molar-refractivity contribution in [2.75, 3.05) is 13.1 Å². The van der Waals surface area contributed by atoms with Crippen molar-refractivity contribution >= 4 is 29.6 Å². The number of carboxylic acid groups (broad SMARTS) is 1. The fourth-order valence-electron chi connectivity index (χ4n) is 3.56. The second-order valence-electron chi connectivity index (χ2n) is 6.62. The van der Waals surface area contributed by atoms with Crippen LogP contribution >= 0.6 is 0 Å². The third-order valence-electron chi connectivity index (χ3n) is 4.82. The van der Waals surface area contributed by atoms with E-state index in [2.05, 4.69) is 5.32 Å². The molecule has 0 bridgehead atoms. The number of likely N-dealkylation sites (tertiary alicyclic amines) is 2. The highest BCUT2D eigenvalue weighted by atomic mass is 16.4. The highest BCUT2D eigenvalue weighted by Crippen LogP contribution is 2.25. The fraction of sp³-hybridized carbons (Fsp3) is 0.688. The molecular formula is C16H24N4O6. The second kappa shape index (κ2) is 8.15. The molecule has 0 aromatic rings. The van der Waals surface area contributed by atoms with Crippen LogP contribution in [-0.4, -0.2) is 75.7 Å². The molecule has 144 valence electrons. The van der Waals surface area contributed by atoms with Crippen molar-refractivity contribution in [3.8, 4) is 0 Å². The molecule has 0 spiro atoms. The van der Waals surface area contributed by atoms with E-state index >= 15 is 0 Å². The van der Waals surface area contributed by atoms with Crippen molar-refractivity contribution in [2.24, 2.45) is 5.73 Å². The van der Waals surface area contributed by atoms with Gasteiger partial charge in [-0.3, -0.25) is 24.0 Å². The van der Waals surface area contributed by atoms with Crippen LogP contribution in [0.25, 0.3) is 0 Å².